The van der Waals surface area contributed by atoms with Gasteiger partial charge in [0.25, 0.3) is 5.91 Å². The second kappa shape index (κ2) is 8.44. The number of halogens is 2. The summed E-state index contributed by atoms with van der Waals surface area (Å²) in [6.45, 7) is 0.134. The first-order valence-electron chi connectivity index (χ1n) is 10.1. The van der Waals surface area contributed by atoms with Crippen LogP contribution in [0.1, 0.15) is 41.6 Å². The van der Waals surface area contributed by atoms with Gasteiger partial charge in [-0.15, -0.1) is 0 Å². The van der Waals surface area contributed by atoms with Crippen LogP contribution in [-0.2, 0) is 6.54 Å². The van der Waals surface area contributed by atoms with Crippen LogP contribution in [-0.4, -0.2) is 34.8 Å². The number of aliphatic hydroxyl groups excluding tert-OH is 1. The van der Waals surface area contributed by atoms with Gasteiger partial charge in [0.15, 0.2) is 0 Å². The van der Waals surface area contributed by atoms with Gasteiger partial charge < -0.3 is 19.7 Å². The number of nitrogens with zero attached hydrogens (tertiary/aromatic N) is 1. The topological polar surface area (TPSA) is 63.5 Å². The van der Waals surface area contributed by atoms with E-state index in [0.29, 0.717) is 29.7 Å². The van der Waals surface area contributed by atoms with Crippen LogP contribution >= 0.6 is 0 Å². The zero-order valence-electron chi connectivity index (χ0n) is 16.7. The van der Waals surface area contributed by atoms with Crippen LogP contribution in [0.15, 0.2) is 42.6 Å². The van der Waals surface area contributed by atoms with Crippen molar-refractivity contribution in [2.45, 2.75) is 44.4 Å². The van der Waals surface area contributed by atoms with E-state index in [9.17, 15) is 18.7 Å². The molecule has 0 spiro atoms. The molecule has 4 rings (SSSR count). The fourth-order valence-electron chi connectivity index (χ4n) is 4.10. The van der Waals surface area contributed by atoms with Gasteiger partial charge in [0.2, 0.25) is 0 Å². The number of nitrogens with one attached hydrogen (secondary N) is 1. The van der Waals surface area contributed by atoms with Crippen molar-refractivity contribution in [3.05, 3.63) is 65.4 Å². The van der Waals surface area contributed by atoms with Crippen LogP contribution in [0.25, 0.3) is 10.9 Å². The predicted molar refractivity (Wildman–Crippen MR) is 110 cm³/mol. The van der Waals surface area contributed by atoms with Crippen LogP contribution < -0.4 is 10.1 Å². The molecule has 2 N–H and O–H groups in total. The highest BCUT2D eigenvalue weighted by molar-refractivity contribution is 6.07. The Labute approximate surface area is 173 Å². The van der Waals surface area contributed by atoms with Crippen LogP contribution in [0.4, 0.5) is 8.78 Å². The van der Waals surface area contributed by atoms with Gasteiger partial charge in [-0.3, -0.25) is 4.79 Å². The molecule has 7 heteroatoms. The Balaban J connectivity index is 1.68. The van der Waals surface area contributed by atoms with Crippen molar-refractivity contribution in [1.82, 2.24) is 9.88 Å². The lowest BCUT2D eigenvalue weighted by molar-refractivity contribution is 0.0718. The molecule has 1 fully saturated rings. The van der Waals surface area contributed by atoms with Gasteiger partial charge in [0.05, 0.1) is 36.9 Å². The van der Waals surface area contributed by atoms with Gasteiger partial charge in [-0.05, 0) is 31.0 Å². The Morgan fingerprint density at radius 2 is 2.00 bits per heavy atom. The molecule has 0 saturated heterocycles. The van der Waals surface area contributed by atoms with Crippen molar-refractivity contribution in [1.29, 1.82) is 0 Å². The summed E-state index contributed by atoms with van der Waals surface area (Å²) in [5.74, 6) is -0.990. The third kappa shape index (κ3) is 3.89. The number of amides is 1. The van der Waals surface area contributed by atoms with E-state index in [1.54, 1.807) is 35.0 Å². The third-order valence-electron chi connectivity index (χ3n) is 5.75. The van der Waals surface area contributed by atoms with Gasteiger partial charge in [-0.25, -0.2) is 8.78 Å². The monoisotopic (exact) mass is 414 g/mol. The minimum Gasteiger partial charge on any atom is -0.497 e. The number of benzene rings is 2. The molecule has 1 aliphatic carbocycles. The summed E-state index contributed by atoms with van der Waals surface area (Å²) in [5.41, 5.74) is 1.07. The van der Waals surface area contributed by atoms with Gasteiger partial charge in [-0.1, -0.05) is 25.0 Å². The minimum atomic E-state index is -0.603. The van der Waals surface area contributed by atoms with Gasteiger partial charge >= 0.3 is 0 Å². The summed E-state index contributed by atoms with van der Waals surface area (Å²) in [7, 11) is 1.46. The highest BCUT2D eigenvalue weighted by Crippen LogP contribution is 2.27. The summed E-state index contributed by atoms with van der Waals surface area (Å²) in [5, 5.41) is 13.2. The first kappa shape index (κ1) is 20.3. The third-order valence-corrected chi connectivity index (χ3v) is 5.75. The van der Waals surface area contributed by atoms with E-state index >= 15 is 0 Å². The lowest BCUT2D eigenvalue weighted by Crippen LogP contribution is -2.45. The van der Waals surface area contributed by atoms with Gasteiger partial charge in [0, 0.05) is 23.2 Å². The summed E-state index contributed by atoms with van der Waals surface area (Å²) in [6.07, 6.45) is 4.11. The second-order valence-corrected chi connectivity index (χ2v) is 7.69. The van der Waals surface area contributed by atoms with E-state index in [-0.39, 0.29) is 23.5 Å². The number of methoxy groups -OCH3 is 1. The van der Waals surface area contributed by atoms with Crippen molar-refractivity contribution in [3.63, 3.8) is 0 Å². The predicted octanol–water partition coefficient (Wildman–Crippen LogP) is 4.01. The Bertz CT molecular complexity index is 1080. The molecule has 1 heterocycles. The van der Waals surface area contributed by atoms with Crippen LogP contribution in [0.5, 0.6) is 5.75 Å². The molecule has 158 valence electrons. The molecule has 1 amide bonds. The number of ether oxygens (including phenoxy) is 1. The lowest BCUT2D eigenvalue weighted by Gasteiger charge is -2.28. The largest absolute Gasteiger partial charge is 0.497 e. The Morgan fingerprint density at radius 1 is 1.20 bits per heavy atom. The fraction of sp³-hybridized carbons (Fsp3) is 0.348. The number of hydrogen-bond donors (Lipinski definition) is 2. The van der Waals surface area contributed by atoms with E-state index in [1.165, 1.54) is 19.2 Å². The Morgan fingerprint density at radius 3 is 2.73 bits per heavy atom. The highest BCUT2D eigenvalue weighted by atomic mass is 19.1. The van der Waals surface area contributed by atoms with Crippen molar-refractivity contribution >= 4 is 16.8 Å². The standard InChI is InChI=1S/C23H24F2N2O3/c1-30-15-10-9-14(18(25)11-15)12-27-13-16(22-17(24)5-4-7-20(22)27)23(29)26-19-6-2-3-8-21(19)28/h4-5,7,9-11,13,19,21,28H,2-3,6,8,12H2,1H3,(H,26,29)/t19-,21-/m0/s1. The molecule has 0 aliphatic heterocycles. The molecule has 3 aromatic rings. The molecule has 1 aliphatic rings. The van der Waals surface area contributed by atoms with Crippen LogP contribution in [0, 0.1) is 11.6 Å². The molecule has 1 aromatic heterocycles. The van der Waals surface area contributed by atoms with Crippen LogP contribution in [0.2, 0.25) is 0 Å². The molecule has 2 atom stereocenters. The average molecular weight is 414 g/mol. The maximum absolute atomic E-state index is 14.7. The van der Waals surface area contributed by atoms with E-state index < -0.39 is 23.6 Å². The molecular formula is C23H24F2N2O3. The lowest BCUT2D eigenvalue weighted by atomic mass is 9.92. The molecular weight excluding hydrogens is 390 g/mol. The van der Waals surface area contributed by atoms with E-state index in [2.05, 4.69) is 5.32 Å². The highest BCUT2D eigenvalue weighted by Gasteiger charge is 2.27. The minimum absolute atomic E-state index is 0.134. The molecule has 2 aromatic carbocycles. The molecule has 0 radical (unpaired) electrons. The zero-order chi connectivity index (χ0) is 21.3. The normalized spacial score (nSPS) is 19.1. The van der Waals surface area contributed by atoms with E-state index in [4.69, 9.17) is 4.74 Å². The number of carbonyl (C=O) groups is 1. The number of fused-ring (bicyclic) bond motifs is 1. The first-order valence-corrected chi connectivity index (χ1v) is 10.1. The fourth-order valence-corrected chi connectivity index (χ4v) is 4.10. The molecule has 0 unspecified atom stereocenters. The number of carbonyl (C=O) groups excluding carboxylic acids is 1. The quantitative estimate of drug-likeness (QED) is 0.663. The summed E-state index contributed by atoms with van der Waals surface area (Å²) < 4.78 is 35.8. The van der Waals surface area contributed by atoms with E-state index in [0.717, 1.165) is 12.8 Å². The number of aliphatic hydroxyl groups is 1. The number of rotatable bonds is 5. The summed E-state index contributed by atoms with van der Waals surface area (Å²) in [4.78, 5) is 12.9. The maximum Gasteiger partial charge on any atom is 0.253 e. The van der Waals surface area contributed by atoms with Crippen molar-refractivity contribution in [3.8, 4) is 5.75 Å². The molecule has 5 nitrogen and oxygen atoms in total. The molecule has 30 heavy (non-hydrogen) atoms. The van der Waals surface area contributed by atoms with Crippen LogP contribution in [0.3, 0.4) is 0 Å². The van der Waals surface area contributed by atoms with Crippen molar-refractivity contribution < 1.29 is 23.4 Å². The Kier molecular flexibility index (Phi) is 5.72. The Hall–Kier alpha value is -2.93. The maximum atomic E-state index is 14.7. The van der Waals surface area contributed by atoms with Gasteiger partial charge in [-0.2, -0.15) is 0 Å². The zero-order valence-corrected chi connectivity index (χ0v) is 16.7. The second-order valence-electron chi connectivity index (χ2n) is 7.69. The summed E-state index contributed by atoms with van der Waals surface area (Å²) >= 11 is 0. The SMILES string of the molecule is COc1ccc(Cn2cc(C(=O)N[C@H]3CCCC[C@@H]3O)c3c(F)cccc32)c(F)c1. The molecule has 0 bridgehead atoms. The number of aromatic nitrogens is 1. The number of hydrogen-bond acceptors (Lipinski definition) is 3. The molecule has 1 saturated carbocycles. The van der Waals surface area contributed by atoms with Crippen molar-refractivity contribution in [2.24, 2.45) is 0 Å². The first-order chi connectivity index (χ1) is 14.5. The summed E-state index contributed by atoms with van der Waals surface area (Å²) in [6, 6.07) is 8.76. The average Bonchev–Trinajstić information content (AvgIpc) is 3.11. The smallest absolute Gasteiger partial charge is 0.253 e. The van der Waals surface area contributed by atoms with Crippen molar-refractivity contribution in [2.75, 3.05) is 7.11 Å². The van der Waals surface area contributed by atoms with E-state index in [1.807, 2.05) is 0 Å². The van der Waals surface area contributed by atoms with Gasteiger partial charge in [0.1, 0.15) is 17.4 Å².